The van der Waals surface area contributed by atoms with Gasteiger partial charge in [-0.25, -0.2) is 9.78 Å². The first-order valence-corrected chi connectivity index (χ1v) is 8.62. The molecule has 3 rings (SSSR count). The van der Waals surface area contributed by atoms with Crippen molar-refractivity contribution in [1.82, 2.24) is 4.98 Å². The van der Waals surface area contributed by atoms with Crippen LogP contribution in [0.5, 0.6) is 5.75 Å². The summed E-state index contributed by atoms with van der Waals surface area (Å²) in [7, 11) is 0. The molecule has 1 aromatic heterocycles. The van der Waals surface area contributed by atoms with E-state index >= 15 is 0 Å². The number of benzene rings is 2. The van der Waals surface area contributed by atoms with E-state index < -0.39 is 5.97 Å². The standard InChI is InChI=1S/C17H14BrNO3S/c1-11-6-7-14(12(18)8-11)21-10-17(20)22-9-16-19-13-4-2-3-5-15(13)23-16/h2-8H,9-10H2,1H3. The first kappa shape index (κ1) is 16.0. The van der Waals surface area contributed by atoms with Crippen molar-refractivity contribution in [3.63, 3.8) is 0 Å². The summed E-state index contributed by atoms with van der Waals surface area (Å²) in [5.74, 6) is 0.198. The van der Waals surface area contributed by atoms with Gasteiger partial charge in [0.15, 0.2) is 6.61 Å². The number of para-hydroxylation sites is 1. The number of thiazole rings is 1. The molecule has 0 aliphatic heterocycles. The number of ether oxygens (including phenoxy) is 2. The van der Waals surface area contributed by atoms with Crippen LogP contribution in [-0.4, -0.2) is 17.6 Å². The van der Waals surface area contributed by atoms with Gasteiger partial charge in [-0.3, -0.25) is 0 Å². The minimum atomic E-state index is -0.420. The monoisotopic (exact) mass is 391 g/mol. The summed E-state index contributed by atoms with van der Waals surface area (Å²) in [4.78, 5) is 16.2. The minimum Gasteiger partial charge on any atom is -0.481 e. The second kappa shape index (κ2) is 7.10. The van der Waals surface area contributed by atoms with Crippen LogP contribution < -0.4 is 4.74 Å². The molecule has 3 aromatic rings. The van der Waals surface area contributed by atoms with Gasteiger partial charge in [0.25, 0.3) is 0 Å². The molecule has 0 atom stereocenters. The van der Waals surface area contributed by atoms with Crippen molar-refractivity contribution >= 4 is 43.5 Å². The number of aromatic nitrogens is 1. The fraction of sp³-hybridized carbons (Fsp3) is 0.176. The van der Waals surface area contributed by atoms with Crippen LogP contribution >= 0.6 is 27.3 Å². The number of esters is 1. The summed E-state index contributed by atoms with van der Waals surface area (Å²) in [5, 5.41) is 0.774. The Labute approximate surface area is 146 Å². The van der Waals surface area contributed by atoms with Crippen LogP contribution in [0.15, 0.2) is 46.9 Å². The normalized spacial score (nSPS) is 10.7. The van der Waals surface area contributed by atoms with Gasteiger partial charge in [0.2, 0.25) is 0 Å². The van der Waals surface area contributed by atoms with Crippen LogP contribution in [0.3, 0.4) is 0 Å². The van der Waals surface area contributed by atoms with E-state index in [4.69, 9.17) is 9.47 Å². The van der Waals surface area contributed by atoms with E-state index in [1.807, 2.05) is 49.4 Å². The summed E-state index contributed by atoms with van der Waals surface area (Å²) in [5.41, 5.74) is 2.03. The average Bonchev–Trinajstić information content (AvgIpc) is 2.95. The number of carbonyl (C=O) groups excluding carboxylic acids is 1. The highest BCUT2D eigenvalue weighted by Crippen LogP contribution is 2.26. The Balaban J connectivity index is 1.53. The molecular formula is C17H14BrNO3S. The number of fused-ring (bicyclic) bond motifs is 1. The molecule has 0 spiro atoms. The maximum Gasteiger partial charge on any atom is 0.344 e. The maximum atomic E-state index is 11.8. The van der Waals surface area contributed by atoms with Gasteiger partial charge in [0, 0.05) is 0 Å². The predicted molar refractivity (Wildman–Crippen MR) is 93.8 cm³/mol. The molecule has 0 saturated carbocycles. The highest BCUT2D eigenvalue weighted by molar-refractivity contribution is 9.10. The number of carbonyl (C=O) groups is 1. The number of hydrogen-bond acceptors (Lipinski definition) is 5. The van der Waals surface area contributed by atoms with Crippen LogP contribution in [0.1, 0.15) is 10.6 Å². The van der Waals surface area contributed by atoms with E-state index in [-0.39, 0.29) is 13.2 Å². The van der Waals surface area contributed by atoms with Gasteiger partial charge in [-0.15, -0.1) is 11.3 Å². The molecule has 0 unspecified atom stereocenters. The highest BCUT2D eigenvalue weighted by atomic mass is 79.9. The molecule has 4 nitrogen and oxygen atoms in total. The summed E-state index contributed by atoms with van der Waals surface area (Å²) in [6.45, 7) is 2.02. The lowest BCUT2D eigenvalue weighted by Crippen LogP contribution is -2.14. The SMILES string of the molecule is Cc1ccc(OCC(=O)OCc2nc3ccccc3s2)c(Br)c1. The van der Waals surface area contributed by atoms with Crippen molar-refractivity contribution in [2.45, 2.75) is 13.5 Å². The Bertz CT molecular complexity index is 814. The third-order valence-corrected chi connectivity index (χ3v) is 4.76. The second-order valence-corrected chi connectivity index (χ2v) is 6.93. The third-order valence-electron chi connectivity index (χ3n) is 3.13. The molecular weight excluding hydrogens is 378 g/mol. The number of nitrogens with zero attached hydrogens (tertiary/aromatic N) is 1. The van der Waals surface area contributed by atoms with Crippen LogP contribution in [-0.2, 0) is 16.1 Å². The molecule has 23 heavy (non-hydrogen) atoms. The molecule has 0 amide bonds. The molecule has 118 valence electrons. The fourth-order valence-electron chi connectivity index (χ4n) is 2.03. The molecule has 0 saturated heterocycles. The first-order chi connectivity index (χ1) is 11.1. The molecule has 0 aliphatic carbocycles. The zero-order valence-corrected chi connectivity index (χ0v) is 14.8. The Morgan fingerprint density at radius 3 is 2.87 bits per heavy atom. The lowest BCUT2D eigenvalue weighted by Gasteiger charge is -2.08. The molecule has 1 heterocycles. The van der Waals surface area contributed by atoms with E-state index in [0.717, 1.165) is 25.3 Å². The topological polar surface area (TPSA) is 48.4 Å². The van der Waals surface area contributed by atoms with E-state index in [1.54, 1.807) is 0 Å². The van der Waals surface area contributed by atoms with Crippen molar-refractivity contribution in [2.24, 2.45) is 0 Å². The second-order valence-electron chi connectivity index (χ2n) is 4.96. The molecule has 6 heteroatoms. The third kappa shape index (κ3) is 4.09. The Morgan fingerprint density at radius 2 is 2.09 bits per heavy atom. The quantitative estimate of drug-likeness (QED) is 0.601. The molecule has 0 fully saturated rings. The van der Waals surface area contributed by atoms with Gasteiger partial charge in [0.05, 0.1) is 14.7 Å². The van der Waals surface area contributed by atoms with Crippen molar-refractivity contribution in [3.05, 3.63) is 57.5 Å². The zero-order valence-electron chi connectivity index (χ0n) is 12.4. The van der Waals surface area contributed by atoms with Crippen molar-refractivity contribution in [2.75, 3.05) is 6.61 Å². The summed E-state index contributed by atoms with van der Waals surface area (Å²) >= 11 is 4.93. The predicted octanol–water partition coefficient (Wildman–Crippen LogP) is 4.49. The molecule has 2 aromatic carbocycles. The molecule has 0 radical (unpaired) electrons. The largest absolute Gasteiger partial charge is 0.481 e. The fourth-order valence-corrected chi connectivity index (χ4v) is 3.51. The first-order valence-electron chi connectivity index (χ1n) is 7.01. The molecule has 0 bridgehead atoms. The van der Waals surface area contributed by atoms with Crippen molar-refractivity contribution in [3.8, 4) is 5.75 Å². The minimum absolute atomic E-state index is 0.132. The van der Waals surface area contributed by atoms with Gasteiger partial charge in [-0.1, -0.05) is 18.2 Å². The van der Waals surface area contributed by atoms with Gasteiger partial charge >= 0.3 is 5.97 Å². The Kier molecular flexibility index (Phi) is 4.93. The zero-order chi connectivity index (χ0) is 16.2. The number of hydrogen-bond donors (Lipinski definition) is 0. The smallest absolute Gasteiger partial charge is 0.344 e. The van der Waals surface area contributed by atoms with E-state index in [0.29, 0.717) is 5.75 Å². The van der Waals surface area contributed by atoms with Gasteiger partial charge in [0.1, 0.15) is 17.4 Å². The van der Waals surface area contributed by atoms with Crippen LogP contribution in [0, 0.1) is 6.92 Å². The van der Waals surface area contributed by atoms with Gasteiger partial charge in [-0.2, -0.15) is 0 Å². The lowest BCUT2D eigenvalue weighted by molar-refractivity contribution is -0.147. The van der Waals surface area contributed by atoms with E-state index in [9.17, 15) is 4.79 Å². The number of rotatable bonds is 5. The van der Waals surface area contributed by atoms with Crippen molar-refractivity contribution < 1.29 is 14.3 Å². The van der Waals surface area contributed by atoms with Gasteiger partial charge in [-0.05, 0) is 52.7 Å². The lowest BCUT2D eigenvalue weighted by atomic mass is 10.2. The Morgan fingerprint density at radius 1 is 1.26 bits per heavy atom. The average molecular weight is 392 g/mol. The molecule has 0 aliphatic rings. The maximum absolute atomic E-state index is 11.8. The Hall–Kier alpha value is -1.92. The van der Waals surface area contributed by atoms with Crippen LogP contribution in [0.4, 0.5) is 0 Å². The number of aryl methyl sites for hydroxylation is 1. The van der Waals surface area contributed by atoms with Gasteiger partial charge < -0.3 is 9.47 Å². The van der Waals surface area contributed by atoms with Crippen LogP contribution in [0.2, 0.25) is 0 Å². The summed E-state index contributed by atoms with van der Waals surface area (Å²) < 4.78 is 12.6. The van der Waals surface area contributed by atoms with E-state index in [1.165, 1.54) is 11.3 Å². The molecule has 0 N–H and O–H groups in total. The highest BCUT2D eigenvalue weighted by Gasteiger charge is 2.09. The summed E-state index contributed by atoms with van der Waals surface area (Å²) in [6.07, 6.45) is 0. The summed E-state index contributed by atoms with van der Waals surface area (Å²) in [6, 6.07) is 13.5. The van der Waals surface area contributed by atoms with E-state index in [2.05, 4.69) is 20.9 Å². The number of halogens is 1. The van der Waals surface area contributed by atoms with Crippen LogP contribution in [0.25, 0.3) is 10.2 Å². The van der Waals surface area contributed by atoms with Crippen molar-refractivity contribution in [1.29, 1.82) is 0 Å².